The number of methoxy groups -OCH3 is 1. The summed E-state index contributed by atoms with van der Waals surface area (Å²) >= 11 is 1.47. The zero-order valence-electron chi connectivity index (χ0n) is 16.0. The molecule has 1 aliphatic rings. The summed E-state index contributed by atoms with van der Waals surface area (Å²) in [4.78, 5) is 17.3. The second kappa shape index (κ2) is 8.32. The van der Waals surface area contributed by atoms with Gasteiger partial charge in [0.05, 0.1) is 12.0 Å². The minimum atomic E-state index is -0.466. The van der Waals surface area contributed by atoms with Crippen LogP contribution >= 0.6 is 11.3 Å². The molecule has 146 valence electrons. The fourth-order valence-electron chi connectivity index (χ4n) is 2.81. The SMILES string of the molecule is COc1ccc(C=C2N=C(c3cccs3)OC2=O)cc1OCc1ccc(C)cc1. The predicted molar refractivity (Wildman–Crippen MR) is 113 cm³/mol. The first kappa shape index (κ1) is 19.0. The van der Waals surface area contributed by atoms with E-state index in [0.29, 0.717) is 24.0 Å². The van der Waals surface area contributed by atoms with Crippen molar-refractivity contribution >= 4 is 29.3 Å². The first-order chi connectivity index (χ1) is 14.1. The number of aryl methyl sites for hydroxylation is 1. The van der Waals surface area contributed by atoms with Gasteiger partial charge in [0.2, 0.25) is 5.90 Å². The molecular weight excluding hydrogens is 386 g/mol. The molecule has 29 heavy (non-hydrogen) atoms. The zero-order chi connectivity index (χ0) is 20.2. The maximum atomic E-state index is 12.2. The van der Waals surface area contributed by atoms with E-state index in [4.69, 9.17) is 14.2 Å². The number of rotatable bonds is 6. The Balaban J connectivity index is 1.56. The van der Waals surface area contributed by atoms with Crippen molar-refractivity contribution in [2.75, 3.05) is 7.11 Å². The largest absolute Gasteiger partial charge is 0.493 e. The van der Waals surface area contributed by atoms with Crippen LogP contribution in [0.5, 0.6) is 11.5 Å². The monoisotopic (exact) mass is 405 g/mol. The number of benzene rings is 2. The number of cyclic esters (lactones) is 1. The number of esters is 1. The van der Waals surface area contributed by atoms with Gasteiger partial charge >= 0.3 is 5.97 Å². The molecule has 4 rings (SSSR count). The summed E-state index contributed by atoms with van der Waals surface area (Å²) in [5, 5.41) is 1.91. The molecule has 1 aromatic heterocycles. The minimum absolute atomic E-state index is 0.253. The van der Waals surface area contributed by atoms with Crippen LogP contribution in [-0.2, 0) is 16.1 Å². The third-order valence-corrected chi connectivity index (χ3v) is 5.22. The van der Waals surface area contributed by atoms with Crippen LogP contribution in [0.25, 0.3) is 6.08 Å². The van der Waals surface area contributed by atoms with E-state index in [0.717, 1.165) is 16.0 Å². The molecule has 0 bridgehead atoms. The van der Waals surface area contributed by atoms with E-state index < -0.39 is 5.97 Å². The van der Waals surface area contributed by atoms with Gasteiger partial charge in [-0.05, 0) is 47.7 Å². The number of hydrogen-bond donors (Lipinski definition) is 0. The van der Waals surface area contributed by atoms with E-state index in [1.54, 1.807) is 19.3 Å². The number of hydrogen-bond acceptors (Lipinski definition) is 6. The van der Waals surface area contributed by atoms with E-state index in [-0.39, 0.29) is 5.70 Å². The Labute approximate surface area is 172 Å². The highest BCUT2D eigenvalue weighted by molar-refractivity contribution is 7.12. The van der Waals surface area contributed by atoms with E-state index >= 15 is 0 Å². The molecule has 5 nitrogen and oxygen atoms in total. The molecule has 0 spiro atoms. The Morgan fingerprint density at radius 1 is 1.10 bits per heavy atom. The van der Waals surface area contributed by atoms with Gasteiger partial charge < -0.3 is 14.2 Å². The van der Waals surface area contributed by atoms with Crippen LogP contribution in [0.2, 0.25) is 0 Å². The van der Waals surface area contributed by atoms with Gasteiger partial charge in [-0.2, -0.15) is 0 Å². The van der Waals surface area contributed by atoms with Gasteiger partial charge in [0.1, 0.15) is 6.61 Å². The zero-order valence-corrected chi connectivity index (χ0v) is 16.9. The third-order valence-electron chi connectivity index (χ3n) is 4.36. The molecule has 2 aromatic carbocycles. The van der Waals surface area contributed by atoms with E-state index in [1.807, 2.05) is 60.8 Å². The lowest BCUT2D eigenvalue weighted by molar-refractivity contribution is -0.129. The number of thiophene rings is 1. The standard InChI is InChI=1S/C23H19NO4S/c1-15-5-7-16(8-6-15)14-27-20-13-17(9-10-19(20)26-2)12-18-23(25)28-22(24-18)21-4-3-11-29-21/h3-13H,14H2,1-2H3. The molecule has 0 fully saturated rings. The summed E-state index contributed by atoms with van der Waals surface area (Å²) in [6.07, 6.45) is 1.68. The highest BCUT2D eigenvalue weighted by Crippen LogP contribution is 2.30. The first-order valence-corrected chi connectivity index (χ1v) is 9.93. The quantitative estimate of drug-likeness (QED) is 0.428. The molecule has 0 saturated heterocycles. The molecule has 1 aliphatic heterocycles. The molecule has 2 heterocycles. The Hall–Kier alpha value is -3.38. The second-order valence-electron chi connectivity index (χ2n) is 6.50. The third kappa shape index (κ3) is 4.38. The van der Waals surface area contributed by atoms with Crippen LogP contribution in [0.4, 0.5) is 0 Å². The normalized spacial score (nSPS) is 14.6. The summed E-state index contributed by atoms with van der Waals surface area (Å²) in [5.74, 6) is 1.08. The molecule has 0 amide bonds. The van der Waals surface area contributed by atoms with Crippen LogP contribution in [0.15, 0.2) is 70.7 Å². The molecule has 0 saturated carbocycles. The van der Waals surface area contributed by atoms with Gasteiger partial charge in [0, 0.05) is 0 Å². The average Bonchev–Trinajstić information content (AvgIpc) is 3.38. The van der Waals surface area contributed by atoms with Gasteiger partial charge in [-0.15, -0.1) is 11.3 Å². The van der Waals surface area contributed by atoms with Gasteiger partial charge in [0.25, 0.3) is 0 Å². The number of ether oxygens (including phenoxy) is 3. The molecular formula is C23H19NO4S. The molecule has 0 unspecified atom stereocenters. The Morgan fingerprint density at radius 2 is 1.93 bits per heavy atom. The lowest BCUT2D eigenvalue weighted by Crippen LogP contribution is -2.03. The van der Waals surface area contributed by atoms with Crippen molar-refractivity contribution in [1.29, 1.82) is 0 Å². The highest BCUT2D eigenvalue weighted by Gasteiger charge is 2.24. The predicted octanol–water partition coefficient (Wildman–Crippen LogP) is 4.99. The highest BCUT2D eigenvalue weighted by atomic mass is 32.1. The summed E-state index contributed by atoms with van der Waals surface area (Å²) in [6, 6.07) is 17.4. The fraction of sp³-hybridized carbons (Fsp3) is 0.130. The van der Waals surface area contributed by atoms with E-state index in [9.17, 15) is 4.79 Å². The summed E-state index contributed by atoms with van der Waals surface area (Å²) in [6.45, 7) is 2.46. The number of carbonyl (C=O) groups excluding carboxylic acids is 1. The smallest absolute Gasteiger partial charge is 0.363 e. The lowest BCUT2D eigenvalue weighted by Gasteiger charge is -2.12. The molecule has 0 atom stereocenters. The maximum absolute atomic E-state index is 12.2. The van der Waals surface area contributed by atoms with Crippen LogP contribution in [0.1, 0.15) is 21.6 Å². The van der Waals surface area contributed by atoms with Crippen LogP contribution in [0.3, 0.4) is 0 Å². The van der Waals surface area contributed by atoms with Crippen molar-refractivity contribution in [3.8, 4) is 11.5 Å². The van der Waals surface area contributed by atoms with Crippen molar-refractivity contribution in [3.05, 3.63) is 87.2 Å². The second-order valence-corrected chi connectivity index (χ2v) is 7.45. The van der Waals surface area contributed by atoms with Gasteiger partial charge in [-0.3, -0.25) is 0 Å². The number of aliphatic imine (C=N–C) groups is 1. The molecule has 0 aliphatic carbocycles. The van der Waals surface area contributed by atoms with E-state index in [2.05, 4.69) is 4.99 Å². The van der Waals surface area contributed by atoms with E-state index in [1.165, 1.54) is 16.9 Å². The van der Waals surface area contributed by atoms with Crippen molar-refractivity contribution in [2.45, 2.75) is 13.5 Å². The molecule has 3 aromatic rings. The van der Waals surface area contributed by atoms with Crippen molar-refractivity contribution in [1.82, 2.24) is 0 Å². The topological polar surface area (TPSA) is 57.1 Å². The fourth-order valence-corrected chi connectivity index (χ4v) is 3.46. The van der Waals surface area contributed by atoms with Crippen LogP contribution in [0, 0.1) is 6.92 Å². The van der Waals surface area contributed by atoms with Gasteiger partial charge in [0.15, 0.2) is 17.2 Å². The summed E-state index contributed by atoms with van der Waals surface area (Å²) in [7, 11) is 1.60. The first-order valence-electron chi connectivity index (χ1n) is 9.05. The van der Waals surface area contributed by atoms with Crippen molar-refractivity contribution in [2.24, 2.45) is 4.99 Å². The summed E-state index contributed by atoms with van der Waals surface area (Å²) in [5.41, 5.74) is 3.28. The van der Waals surface area contributed by atoms with Crippen LogP contribution < -0.4 is 9.47 Å². The van der Waals surface area contributed by atoms with Gasteiger partial charge in [-0.1, -0.05) is 42.0 Å². The number of nitrogens with zero attached hydrogens (tertiary/aromatic N) is 1. The minimum Gasteiger partial charge on any atom is -0.493 e. The van der Waals surface area contributed by atoms with Crippen molar-refractivity contribution < 1.29 is 19.0 Å². The van der Waals surface area contributed by atoms with Crippen LogP contribution in [-0.4, -0.2) is 19.0 Å². The molecule has 6 heteroatoms. The van der Waals surface area contributed by atoms with Gasteiger partial charge in [-0.25, -0.2) is 9.79 Å². The Kier molecular flexibility index (Phi) is 5.44. The van der Waals surface area contributed by atoms with Crippen molar-refractivity contribution in [3.63, 3.8) is 0 Å². The number of carbonyl (C=O) groups is 1. The molecule has 0 radical (unpaired) electrons. The molecule has 0 N–H and O–H groups in total. The average molecular weight is 405 g/mol. The maximum Gasteiger partial charge on any atom is 0.363 e. The lowest BCUT2D eigenvalue weighted by atomic mass is 10.1. The summed E-state index contributed by atoms with van der Waals surface area (Å²) < 4.78 is 16.6. The Morgan fingerprint density at radius 3 is 2.66 bits per heavy atom. The Bertz CT molecular complexity index is 1080.